The SMILES string of the molecule is CCC=CCC=CCC=CCC=CCCCCC(=O)OC(COC(=O)CCCCCCCC=CCC=CCC=CCC)COC1OC(CO)C(O)C(O)C1O. The van der Waals surface area contributed by atoms with E-state index in [4.69, 9.17) is 18.9 Å². The molecule has 0 amide bonds. The molecule has 1 rings (SSSR count). The quantitative estimate of drug-likeness (QED) is 0.0299. The van der Waals surface area contributed by atoms with Crippen LogP contribution in [-0.4, -0.2) is 89.0 Å². The summed E-state index contributed by atoms with van der Waals surface area (Å²) in [5.74, 6) is -0.886. The van der Waals surface area contributed by atoms with Crippen molar-refractivity contribution >= 4 is 11.9 Å². The first-order valence-corrected chi connectivity index (χ1v) is 20.7. The third kappa shape index (κ3) is 27.2. The van der Waals surface area contributed by atoms with Crippen molar-refractivity contribution in [1.82, 2.24) is 0 Å². The fraction of sp³-hybridized carbons (Fsp3) is 0.644. The maximum Gasteiger partial charge on any atom is 0.306 e. The third-order valence-corrected chi connectivity index (χ3v) is 8.78. The highest BCUT2D eigenvalue weighted by molar-refractivity contribution is 5.70. The van der Waals surface area contributed by atoms with E-state index in [9.17, 15) is 30.0 Å². The number of hydrogen-bond acceptors (Lipinski definition) is 10. The molecule has 0 aromatic rings. The molecular weight excluding hydrogens is 700 g/mol. The zero-order chi connectivity index (χ0) is 40.2. The highest BCUT2D eigenvalue weighted by Crippen LogP contribution is 2.22. The smallest absolute Gasteiger partial charge is 0.306 e. The number of hydrogen-bond donors (Lipinski definition) is 4. The fourth-order valence-electron chi connectivity index (χ4n) is 5.54. The minimum atomic E-state index is -1.61. The van der Waals surface area contributed by atoms with Gasteiger partial charge in [-0.05, 0) is 83.5 Å². The molecule has 0 radical (unpaired) electrons. The molecule has 0 bridgehead atoms. The number of unbranched alkanes of at least 4 members (excludes halogenated alkanes) is 7. The molecule has 55 heavy (non-hydrogen) atoms. The second-order valence-corrected chi connectivity index (χ2v) is 13.7. The van der Waals surface area contributed by atoms with E-state index in [2.05, 4.69) is 98.9 Å². The van der Waals surface area contributed by atoms with Gasteiger partial charge in [0.15, 0.2) is 12.4 Å². The normalized spacial score (nSPS) is 21.5. The Bertz CT molecular complexity index is 1170. The molecule has 10 heteroatoms. The number of aliphatic hydroxyl groups is 4. The molecule has 1 fully saturated rings. The highest BCUT2D eigenvalue weighted by atomic mass is 16.7. The molecule has 1 saturated heterocycles. The molecule has 0 spiro atoms. The van der Waals surface area contributed by atoms with E-state index in [0.717, 1.165) is 89.9 Å². The van der Waals surface area contributed by atoms with E-state index >= 15 is 0 Å². The lowest BCUT2D eigenvalue weighted by atomic mass is 9.99. The number of carbonyl (C=O) groups excluding carboxylic acids is 2. The molecule has 0 aromatic heterocycles. The Morgan fingerprint density at radius 1 is 0.564 bits per heavy atom. The van der Waals surface area contributed by atoms with Crippen molar-refractivity contribution in [3.63, 3.8) is 0 Å². The summed E-state index contributed by atoms with van der Waals surface area (Å²) in [5.41, 5.74) is 0. The summed E-state index contributed by atoms with van der Waals surface area (Å²) in [5, 5.41) is 40.0. The summed E-state index contributed by atoms with van der Waals surface area (Å²) >= 11 is 0. The van der Waals surface area contributed by atoms with Crippen LogP contribution in [0.3, 0.4) is 0 Å². The van der Waals surface area contributed by atoms with Gasteiger partial charge in [-0.3, -0.25) is 9.59 Å². The van der Waals surface area contributed by atoms with Crippen LogP contribution in [0.2, 0.25) is 0 Å². The Morgan fingerprint density at radius 2 is 1.02 bits per heavy atom. The predicted octanol–water partition coefficient (Wildman–Crippen LogP) is 8.21. The zero-order valence-corrected chi connectivity index (χ0v) is 33.6. The van der Waals surface area contributed by atoms with Crippen LogP contribution in [0.4, 0.5) is 0 Å². The van der Waals surface area contributed by atoms with Crippen LogP contribution in [0.5, 0.6) is 0 Å². The molecule has 1 aliphatic rings. The minimum absolute atomic E-state index is 0.168. The molecular formula is C45H72O10. The van der Waals surface area contributed by atoms with Gasteiger partial charge in [-0.2, -0.15) is 0 Å². The summed E-state index contributed by atoms with van der Waals surface area (Å²) in [6.07, 6.45) is 37.3. The molecule has 1 aliphatic heterocycles. The van der Waals surface area contributed by atoms with E-state index < -0.39 is 55.4 Å². The van der Waals surface area contributed by atoms with E-state index in [1.165, 1.54) is 0 Å². The topological polar surface area (TPSA) is 152 Å². The van der Waals surface area contributed by atoms with Gasteiger partial charge in [0.2, 0.25) is 0 Å². The van der Waals surface area contributed by atoms with Gasteiger partial charge in [-0.1, -0.05) is 118 Å². The Hall–Kier alpha value is -3.12. The molecule has 0 aromatic carbocycles. The van der Waals surface area contributed by atoms with Gasteiger partial charge >= 0.3 is 11.9 Å². The van der Waals surface area contributed by atoms with E-state index in [1.807, 2.05) is 0 Å². The molecule has 0 aliphatic carbocycles. The molecule has 312 valence electrons. The van der Waals surface area contributed by atoms with Crippen LogP contribution in [0.25, 0.3) is 0 Å². The summed E-state index contributed by atoms with van der Waals surface area (Å²) in [4.78, 5) is 25.2. The average Bonchev–Trinajstić information content (AvgIpc) is 3.18. The number of ether oxygens (including phenoxy) is 4. The average molecular weight is 773 g/mol. The molecule has 0 saturated carbocycles. The van der Waals surface area contributed by atoms with Crippen molar-refractivity contribution in [2.24, 2.45) is 0 Å². The fourth-order valence-corrected chi connectivity index (χ4v) is 5.54. The molecule has 6 atom stereocenters. The lowest BCUT2D eigenvalue weighted by Crippen LogP contribution is -2.59. The Balaban J connectivity index is 2.42. The van der Waals surface area contributed by atoms with Crippen molar-refractivity contribution in [3.8, 4) is 0 Å². The molecule has 6 unspecified atom stereocenters. The summed E-state index contributed by atoms with van der Waals surface area (Å²) in [6.45, 7) is 3.10. The first-order valence-electron chi connectivity index (χ1n) is 20.7. The van der Waals surface area contributed by atoms with Crippen LogP contribution in [-0.2, 0) is 28.5 Å². The first-order chi connectivity index (χ1) is 26.8. The zero-order valence-electron chi connectivity index (χ0n) is 33.6. The highest BCUT2D eigenvalue weighted by Gasteiger charge is 2.44. The third-order valence-electron chi connectivity index (χ3n) is 8.78. The number of allylic oxidation sites excluding steroid dienone is 14. The largest absolute Gasteiger partial charge is 0.462 e. The maximum absolute atomic E-state index is 12.7. The first kappa shape index (κ1) is 49.9. The van der Waals surface area contributed by atoms with Gasteiger partial charge in [0.05, 0.1) is 13.2 Å². The lowest BCUT2D eigenvalue weighted by Gasteiger charge is -2.39. The van der Waals surface area contributed by atoms with Crippen molar-refractivity contribution in [2.45, 2.75) is 166 Å². The number of carbonyl (C=O) groups is 2. The van der Waals surface area contributed by atoms with Crippen molar-refractivity contribution in [1.29, 1.82) is 0 Å². The summed E-state index contributed by atoms with van der Waals surface area (Å²) in [7, 11) is 0. The van der Waals surface area contributed by atoms with Gasteiger partial charge in [-0.25, -0.2) is 0 Å². The minimum Gasteiger partial charge on any atom is -0.462 e. The van der Waals surface area contributed by atoms with Gasteiger partial charge in [-0.15, -0.1) is 0 Å². The molecule has 10 nitrogen and oxygen atoms in total. The Morgan fingerprint density at radius 3 is 1.56 bits per heavy atom. The second-order valence-electron chi connectivity index (χ2n) is 13.7. The van der Waals surface area contributed by atoms with Crippen molar-refractivity contribution in [2.75, 3.05) is 19.8 Å². The van der Waals surface area contributed by atoms with Crippen molar-refractivity contribution in [3.05, 3.63) is 85.1 Å². The van der Waals surface area contributed by atoms with Crippen LogP contribution in [0.15, 0.2) is 85.1 Å². The second kappa shape index (κ2) is 35.3. The van der Waals surface area contributed by atoms with E-state index in [0.29, 0.717) is 12.8 Å². The van der Waals surface area contributed by atoms with E-state index in [1.54, 1.807) is 0 Å². The Kier molecular flexibility index (Phi) is 32.0. The number of aliphatic hydroxyl groups excluding tert-OH is 4. The van der Waals surface area contributed by atoms with Gasteiger partial charge in [0.1, 0.15) is 31.0 Å². The lowest BCUT2D eigenvalue weighted by molar-refractivity contribution is -0.305. The standard InChI is InChI=1S/C45H72O10/c1-3-5-7-9-11-13-15-17-19-21-23-25-27-29-31-33-40(47)52-36-38(37-53-45-44(51)43(50)42(49)39(35-46)55-45)54-41(48)34-32-30-28-26-24-22-20-18-16-14-12-10-8-6-4-2/h5-8,11-14,17-20,24,26,38-39,42-46,49-51H,3-4,9-10,15-16,21-23,25,27-37H2,1-2H3. The van der Waals surface area contributed by atoms with Crippen LogP contribution >= 0.6 is 0 Å². The number of rotatable bonds is 32. The van der Waals surface area contributed by atoms with E-state index in [-0.39, 0.29) is 26.1 Å². The monoisotopic (exact) mass is 773 g/mol. The van der Waals surface area contributed by atoms with Crippen LogP contribution in [0.1, 0.15) is 129 Å². The van der Waals surface area contributed by atoms with Gasteiger partial charge in [0, 0.05) is 12.8 Å². The van der Waals surface area contributed by atoms with Crippen molar-refractivity contribution < 1.29 is 49.0 Å². The summed E-state index contributed by atoms with van der Waals surface area (Å²) in [6, 6.07) is 0. The predicted molar refractivity (Wildman–Crippen MR) is 219 cm³/mol. The maximum atomic E-state index is 12.7. The number of esters is 2. The Labute approximate surface area is 331 Å². The van der Waals surface area contributed by atoms with Crippen LogP contribution < -0.4 is 0 Å². The van der Waals surface area contributed by atoms with Gasteiger partial charge in [0.25, 0.3) is 0 Å². The van der Waals surface area contributed by atoms with Gasteiger partial charge < -0.3 is 39.4 Å². The molecule has 4 N–H and O–H groups in total. The summed E-state index contributed by atoms with van der Waals surface area (Å²) < 4.78 is 22.0. The molecule has 1 heterocycles. The van der Waals surface area contributed by atoms with Crippen LogP contribution in [0, 0.1) is 0 Å².